The molecule has 0 radical (unpaired) electrons. The van der Waals surface area contributed by atoms with E-state index < -0.39 is 0 Å². The van der Waals surface area contributed by atoms with Crippen LogP contribution < -0.4 is 15.5 Å². The number of nitrogens with zero attached hydrogens (tertiary/aromatic N) is 4. The number of piperidine rings is 1. The number of fused-ring (bicyclic) bond motifs is 1. The lowest BCUT2D eigenvalue weighted by molar-refractivity contribution is 0.0724. The van der Waals surface area contributed by atoms with E-state index in [1.54, 1.807) is 6.33 Å². The fourth-order valence-corrected chi connectivity index (χ4v) is 4.33. The average Bonchev–Trinajstić information content (AvgIpc) is 3.20. The first-order valence-electron chi connectivity index (χ1n) is 10.2. The first-order valence-corrected chi connectivity index (χ1v) is 10.2. The van der Waals surface area contributed by atoms with Crippen LogP contribution in [0.25, 0.3) is 11.0 Å². The molecular formula is C21H25N7O. The van der Waals surface area contributed by atoms with Crippen LogP contribution in [-0.2, 0) is 0 Å². The average molecular weight is 391 g/mol. The highest BCUT2D eigenvalue weighted by atomic mass is 16.2. The third-order valence-electron chi connectivity index (χ3n) is 5.82. The van der Waals surface area contributed by atoms with Crippen molar-refractivity contribution in [2.45, 2.75) is 24.9 Å². The Hall–Kier alpha value is -3.13. The second kappa shape index (κ2) is 7.71. The molecule has 0 spiro atoms. The predicted octanol–water partition coefficient (Wildman–Crippen LogP) is 2.43. The van der Waals surface area contributed by atoms with Gasteiger partial charge in [-0.1, -0.05) is 18.2 Å². The number of carbonyl (C=O) groups excluding carboxylic acids is 1. The van der Waals surface area contributed by atoms with Crippen molar-refractivity contribution >= 4 is 28.6 Å². The summed E-state index contributed by atoms with van der Waals surface area (Å²) in [6.45, 7) is 3.76. The van der Waals surface area contributed by atoms with Crippen LogP contribution in [0.1, 0.15) is 12.8 Å². The number of carbonyl (C=O) groups is 1. The lowest BCUT2D eigenvalue weighted by atomic mass is 9.98. The van der Waals surface area contributed by atoms with Crippen molar-refractivity contribution < 1.29 is 4.79 Å². The SMILES string of the molecule is O=C(Nc1ccccc1)NC1CN(C2CCCN(c3ncnc4[nH]ccc34)C2)C1. The normalized spacial score (nSPS) is 20.4. The highest BCUT2D eigenvalue weighted by Gasteiger charge is 2.35. The first kappa shape index (κ1) is 17.9. The molecule has 8 nitrogen and oxygen atoms in total. The fourth-order valence-electron chi connectivity index (χ4n) is 4.33. The smallest absolute Gasteiger partial charge is 0.319 e. The van der Waals surface area contributed by atoms with Crippen molar-refractivity contribution in [1.29, 1.82) is 0 Å². The maximum Gasteiger partial charge on any atom is 0.319 e. The second-order valence-electron chi connectivity index (χ2n) is 7.79. The molecule has 1 atom stereocenters. The quantitative estimate of drug-likeness (QED) is 0.636. The summed E-state index contributed by atoms with van der Waals surface area (Å²) in [6, 6.07) is 12.1. The third kappa shape index (κ3) is 3.75. The van der Waals surface area contributed by atoms with Gasteiger partial charge < -0.3 is 20.5 Å². The van der Waals surface area contributed by atoms with Crippen molar-refractivity contribution in [3.05, 3.63) is 48.9 Å². The fraction of sp³-hybridized carbons (Fsp3) is 0.381. The van der Waals surface area contributed by atoms with Crippen molar-refractivity contribution in [2.24, 2.45) is 0 Å². The number of aromatic nitrogens is 3. The van der Waals surface area contributed by atoms with Gasteiger partial charge in [0.1, 0.15) is 17.8 Å². The molecule has 2 aromatic heterocycles. The summed E-state index contributed by atoms with van der Waals surface area (Å²) in [5.41, 5.74) is 1.69. The maximum atomic E-state index is 12.2. The summed E-state index contributed by atoms with van der Waals surface area (Å²) in [4.78, 5) is 29.0. The van der Waals surface area contributed by atoms with Crippen molar-refractivity contribution in [3.63, 3.8) is 0 Å². The van der Waals surface area contributed by atoms with E-state index >= 15 is 0 Å². The Balaban J connectivity index is 1.15. The Labute approximate surface area is 169 Å². The van der Waals surface area contributed by atoms with Crippen LogP contribution in [0, 0.1) is 0 Å². The number of anilines is 2. The van der Waals surface area contributed by atoms with Crippen molar-refractivity contribution in [2.75, 3.05) is 36.4 Å². The molecule has 0 saturated carbocycles. The van der Waals surface area contributed by atoms with Crippen LogP contribution >= 0.6 is 0 Å². The topological polar surface area (TPSA) is 89.2 Å². The molecule has 2 aliphatic heterocycles. The minimum absolute atomic E-state index is 0.137. The summed E-state index contributed by atoms with van der Waals surface area (Å²) >= 11 is 0. The van der Waals surface area contributed by atoms with Gasteiger partial charge in [0.2, 0.25) is 0 Å². The molecule has 3 aromatic rings. The first-order chi connectivity index (χ1) is 14.3. The monoisotopic (exact) mass is 391 g/mol. The zero-order chi connectivity index (χ0) is 19.6. The Morgan fingerprint density at radius 3 is 2.83 bits per heavy atom. The number of H-pyrrole nitrogens is 1. The summed E-state index contributed by atoms with van der Waals surface area (Å²) in [5, 5.41) is 7.03. The summed E-state index contributed by atoms with van der Waals surface area (Å²) in [6.07, 6.45) is 5.87. The molecule has 0 bridgehead atoms. The largest absolute Gasteiger partial charge is 0.354 e. The van der Waals surface area contributed by atoms with Gasteiger partial charge in [-0.2, -0.15) is 0 Å². The van der Waals surface area contributed by atoms with Gasteiger partial charge in [0.25, 0.3) is 0 Å². The molecule has 5 rings (SSSR count). The van der Waals surface area contributed by atoms with Gasteiger partial charge in [-0.15, -0.1) is 0 Å². The molecule has 3 N–H and O–H groups in total. The molecular weight excluding hydrogens is 366 g/mol. The summed E-state index contributed by atoms with van der Waals surface area (Å²) < 4.78 is 0. The molecule has 8 heteroatoms. The highest BCUT2D eigenvalue weighted by molar-refractivity contribution is 5.89. The molecule has 1 unspecified atom stereocenters. The molecule has 2 saturated heterocycles. The summed E-state index contributed by atoms with van der Waals surface area (Å²) in [5.74, 6) is 1.01. The number of likely N-dealkylation sites (tertiary alicyclic amines) is 1. The van der Waals surface area contributed by atoms with Gasteiger partial charge >= 0.3 is 6.03 Å². The Morgan fingerprint density at radius 2 is 1.97 bits per heavy atom. The zero-order valence-electron chi connectivity index (χ0n) is 16.2. The highest BCUT2D eigenvalue weighted by Crippen LogP contribution is 2.28. The number of para-hydroxylation sites is 1. The van der Waals surface area contributed by atoms with Gasteiger partial charge in [-0.05, 0) is 31.0 Å². The summed E-state index contributed by atoms with van der Waals surface area (Å²) in [7, 11) is 0. The number of amides is 2. The van der Waals surface area contributed by atoms with Crippen LogP contribution in [0.3, 0.4) is 0 Å². The van der Waals surface area contributed by atoms with E-state index in [1.165, 1.54) is 6.42 Å². The van der Waals surface area contributed by atoms with Crippen LogP contribution in [0.5, 0.6) is 0 Å². The van der Waals surface area contributed by atoms with Crippen LogP contribution in [0.15, 0.2) is 48.9 Å². The lowest BCUT2D eigenvalue weighted by Crippen LogP contribution is -2.65. The second-order valence-corrected chi connectivity index (χ2v) is 7.79. The van der Waals surface area contributed by atoms with E-state index in [4.69, 9.17) is 0 Å². The van der Waals surface area contributed by atoms with Gasteiger partial charge in [0.15, 0.2) is 0 Å². The number of rotatable bonds is 4. The minimum atomic E-state index is -0.137. The Morgan fingerprint density at radius 1 is 1.10 bits per heavy atom. The molecule has 29 heavy (non-hydrogen) atoms. The van der Waals surface area contributed by atoms with Crippen LogP contribution in [0.2, 0.25) is 0 Å². The van der Waals surface area contributed by atoms with Gasteiger partial charge in [0, 0.05) is 44.1 Å². The molecule has 2 aliphatic rings. The number of urea groups is 1. The van der Waals surface area contributed by atoms with Gasteiger partial charge in [-0.3, -0.25) is 4.90 Å². The number of benzene rings is 1. The molecule has 2 fully saturated rings. The third-order valence-corrected chi connectivity index (χ3v) is 5.82. The molecule has 1 aromatic carbocycles. The maximum absolute atomic E-state index is 12.2. The van der Waals surface area contributed by atoms with E-state index in [0.29, 0.717) is 6.04 Å². The van der Waals surface area contributed by atoms with E-state index in [1.807, 2.05) is 42.6 Å². The minimum Gasteiger partial charge on any atom is -0.354 e. The number of aromatic amines is 1. The van der Waals surface area contributed by atoms with E-state index in [2.05, 4.69) is 35.4 Å². The van der Waals surface area contributed by atoms with E-state index in [-0.39, 0.29) is 12.1 Å². The van der Waals surface area contributed by atoms with Crippen molar-refractivity contribution in [3.8, 4) is 0 Å². The standard InChI is InChI=1S/C21H25N7O/c29-21(25-15-5-2-1-3-6-15)26-16-11-28(12-16)17-7-4-10-27(13-17)20-18-8-9-22-19(18)23-14-24-20/h1-3,5-6,8-9,14,16-17H,4,7,10-13H2,(H,22,23,24)(H2,25,26,29). The molecule has 4 heterocycles. The number of nitrogens with one attached hydrogen (secondary N) is 3. The Kier molecular flexibility index (Phi) is 4.77. The number of hydrogen-bond acceptors (Lipinski definition) is 5. The molecule has 150 valence electrons. The van der Waals surface area contributed by atoms with Crippen LogP contribution in [-0.4, -0.2) is 64.1 Å². The predicted molar refractivity (Wildman–Crippen MR) is 113 cm³/mol. The van der Waals surface area contributed by atoms with E-state index in [9.17, 15) is 4.79 Å². The van der Waals surface area contributed by atoms with Crippen LogP contribution in [0.4, 0.5) is 16.3 Å². The molecule has 0 aliphatic carbocycles. The Bertz CT molecular complexity index is 983. The number of hydrogen-bond donors (Lipinski definition) is 3. The van der Waals surface area contributed by atoms with E-state index in [0.717, 1.165) is 55.1 Å². The van der Waals surface area contributed by atoms with Gasteiger partial charge in [-0.25, -0.2) is 14.8 Å². The molecule has 2 amide bonds. The van der Waals surface area contributed by atoms with Crippen molar-refractivity contribution in [1.82, 2.24) is 25.2 Å². The van der Waals surface area contributed by atoms with Gasteiger partial charge in [0.05, 0.1) is 11.4 Å². The lowest BCUT2D eigenvalue weighted by Gasteiger charge is -2.47. The zero-order valence-corrected chi connectivity index (χ0v) is 16.2.